The second-order valence-corrected chi connectivity index (χ2v) is 7.09. The molecule has 1 aromatic heterocycles. The number of nitrogens with one attached hydrogen (secondary N) is 2. The fourth-order valence-electron chi connectivity index (χ4n) is 2.59. The van der Waals surface area contributed by atoms with Gasteiger partial charge in [0, 0.05) is 39.6 Å². The summed E-state index contributed by atoms with van der Waals surface area (Å²) >= 11 is 1.89. The summed E-state index contributed by atoms with van der Waals surface area (Å²) in [4.78, 5) is 11.1. The largest absolute Gasteiger partial charge is 0.363 e. The number of rotatable bonds is 8. The molecule has 0 fully saturated rings. The zero-order chi connectivity index (χ0) is 18.1. The monoisotopic (exact) mass is 359 g/mol. The third-order valence-electron chi connectivity index (χ3n) is 3.98. The second-order valence-electron chi connectivity index (χ2n) is 6.10. The minimum atomic E-state index is 0.717. The molecule has 2 aromatic rings. The molecule has 6 heteroatoms. The minimum absolute atomic E-state index is 0.717. The average Bonchev–Trinajstić information content (AvgIpc) is 2.63. The van der Waals surface area contributed by atoms with Crippen LogP contribution in [0.4, 0.5) is 5.82 Å². The Balaban J connectivity index is 2.03. The van der Waals surface area contributed by atoms with Gasteiger partial charge in [0.25, 0.3) is 0 Å². The number of benzene rings is 1. The van der Waals surface area contributed by atoms with E-state index in [2.05, 4.69) is 46.1 Å². The van der Waals surface area contributed by atoms with Crippen molar-refractivity contribution in [2.24, 2.45) is 4.99 Å². The van der Waals surface area contributed by atoms with E-state index in [0.717, 1.165) is 30.3 Å². The molecule has 0 saturated heterocycles. The highest BCUT2D eigenvalue weighted by Gasteiger charge is 2.07. The van der Waals surface area contributed by atoms with Gasteiger partial charge in [-0.1, -0.05) is 18.2 Å². The fraction of sp³-hybridized carbons (Fsp3) is 0.474. The topological polar surface area (TPSA) is 52.6 Å². The highest BCUT2D eigenvalue weighted by molar-refractivity contribution is 7.98. The van der Waals surface area contributed by atoms with E-state index in [1.54, 1.807) is 0 Å². The van der Waals surface area contributed by atoms with Crippen molar-refractivity contribution in [3.8, 4) is 0 Å². The number of fused-ring (bicyclic) bond motifs is 1. The molecule has 1 aromatic carbocycles. The van der Waals surface area contributed by atoms with Crippen molar-refractivity contribution < 1.29 is 0 Å². The predicted octanol–water partition coefficient (Wildman–Crippen LogP) is 3.11. The van der Waals surface area contributed by atoms with Crippen molar-refractivity contribution in [3.63, 3.8) is 0 Å². The van der Waals surface area contributed by atoms with E-state index in [-0.39, 0.29) is 0 Å². The van der Waals surface area contributed by atoms with E-state index in [1.165, 1.54) is 23.1 Å². The Hall–Kier alpha value is -1.95. The van der Waals surface area contributed by atoms with E-state index in [0.29, 0.717) is 6.54 Å². The number of hydrogen-bond acceptors (Lipinski definition) is 4. The van der Waals surface area contributed by atoms with E-state index < -0.39 is 0 Å². The Bertz CT molecular complexity index is 699. The number of guanidine groups is 1. The van der Waals surface area contributed by atoms with Gasteiger partial charge in [-0.15, -0.1) is 0 Å². The molecule has 0 aliphatic carbocycles. The molecule has 0 spiro atoms. The van der Waals surface area contributed by atoms with E-state index in [1.807, 2.05) is 43.9 Å². The summed E-state index contributed by atoms with van der Waals surface area (Å²) < 4.78 is 0. The SMILES string of the molecule is CN=C(NCCCCSC)NCc1cc(N(C)C)nc2ccccc12. The first-order valence-corrected chi connectivity index (χ1v) is 10.0. The number of thioether (sulfide) groups is 1. The number of unbranched alkanes of at least 4 members (excludes halogenated alkanes) is 1. The van der Waals surface area contributed by atoms with Crippen LogP contribution < -0.4 is 15.5 Å². The first-order valence-electron chi connectivity index (χ1n) is 8.65. The van der Waals surface area contributed by atoms with Gasteiger partial charge in [-0.05, 0) is 42.5 Å². The lowest BCUT2D eigenvalue weighted by Gasteiger charge is -2.17. The smallest absolute Gasteiger partial charge is 0.191 e. The molecule has 2 N–H and O–H groups in total. The number of para-hydroxylation sites is 1. The molecule has 5 nitrogen and oxygen atoms in total. The minimum Gasteiger partial charge on any atom is -0.363 e. The fourth-order valence-corrected chi connectivity index (χ4v) is 3.08. The average molecular weight is 360 g/mol. The quantitative estimate of drug-likeness (QED) is 0.431. The number of hydrogen-bond donors (Lipinski definition) is 2. The molecule has 0 radical (unpaired) electrons. The van der Waals surface area contributed by atoms with Gasteiger partial charge in [-0.3, -0.25) is 4.99 Å². The maximum Gasteiger partial charge on any atom is 0.191 e. The van der Waals surface area contributed by atoms with Gasteiger partial charge < -0.3 is 15.5 Å². The molecular formula is C19H29N5S. The maximum atomic E-state index is 4.71. The third-order valence-corrected chi connectivity index (χ3v) is 4.68. The van der Waals surface area contributed by atoms with Crippen molar-refractivity contribution >= 4 is 34.4 Å². The standard InChI is InChI=1S/C19H29N5S/c1-20-19(21-11-7-8-12-25-4)22-14-15-13-18(24(2)3)23-17-10-6-5-9-16(15)17/h5-6,9-10,13H,7-8,11-12,14H2,1-4H3,(H2,20,21,22). The van der Waals surface area contributed by atoms with Crippen LogP contribution in [0.25, 0.3) is 10.9 Å². The third kappa shape index (κ3) is 5.81. The lowest BCUT2D eigenvalue weighted by molar-refractivity contribution is 0.733. The van der Waals surface area contributed by atoms with Crippen LogP contribution in [0.3, 0.4) is 0 Å². The van der Waals surface area contributed by atoms with Crippen molar-refractivity contribution in [1.29, 1.82) is 0 Å². The van der Waals surface area contributed by atoms with Crippen molar-refractivity contribution in [1.82, 2.24) is 15.6 Å². The summed E-state index contributed by atoms with van der Waals surface area (Å²) in [5.41, 5.74) is 2.24. The number of aromatic nitrogens is 1. The molecule has 0 aliphatic rings. The van der Waals surface area contributed by atoms with E-state index in [9.17, 15) is 0 Å². The molecule has 25 heavy (non-hydrogen) atoms. The molecule has 1 heterocycles. The van der Waals surface area contributed by atoms with E-state index >= 15 is 0 Å². The zero-order valence-corrected chi connectivity index (χ0v) is 16.5. The van der Waals surface area contributed by atoms with Crippen molar-refractivity contribution in [2.45, 2.75) is 19.4 Å². The Morgan fingerprint density at radius 1 is 1.20 bits per heavy atom. The van der Waals surface area contributed by atoms with Crippen LogP contribution in [0.2, 0.25) is 0 Å². The molecule has 0 bridgehead atoms. The van der Waals surface area contributed by atoms with Gasteiger partial charge in [-0.2, -0.15) is 11.8 Å². The van der Waals surface area contributed by atoms with Crippen LogP contribution in [-0.4, -0.2) is 50.6 Å². The molecule has 0 unspecified atom stereocenters. The summed E-state index contributed by atoms with van der Waals surface area (Å²) in [6.07, 6.45) is 4.53. The van der Waals surface area contributed by atoms with Gasteiger partial charge in [0.15, 0.2) is 5.96 Å². The molecule has 0 aliphatic heterocycles. The van der Waals surface area contributed by atoms with Crippen LogP contribution in [0, 0.1) is 0 Å². The highest BCUT2D eigenvalue weighted by Crippen LogP contribution is 2.21. The van der Waals surface area contributed by atoms with Crippen LogP contribution >= 0.6 is 11.8 Å². The van der Waals surface area contributed by atoms with Crippen molar-refractivity contribution in [3.05, 3.63) is 35.9 Å². The first kappa shape index (κ1) is 19.4. The molecule has 0 amide bonds. The van der Waals surface area contributed by atoms with Crippen LogP contribution in [0.5, 0.6) is 0 Å². The number of anilines is 1. The van der Waals surface area contributed by atoms with Crippen LogP contribution in [0.1, 0.15) is 18.4 Å². The number of pyridine rings is 1. The summed E-state index contributed by atoms with van der Waals surface area (Å²) in [5, 5.41) is 7.99. The number of nitrogens with zero attached hydrogens (tertiary/aromatic N) is 3. The Morgan fingerprint density at radius 3 is 2.72 bits per heavy atom. The molecule has 0 atom stereocenters. The zero-order valence-electron chi connectivity index (χ0n) is 15.7. The van der Waals surface area contributed by atoms with Crippen LogP contribution in [0.15, 0.2) is 35.3 Å². The lowest BCUT2D eigenvalue weighted by atomic mass is 10.1. The Kier molecular flexibility index (Phi) is 7.85. The predicted molar refractivity (Wildman–Crippen MR) is 112 cm³/mol. The van der Waals surface area contributed by atoms with Gasteiger partial charge in [0.2, 0.25) is 0 Å². The Labute approximate surface area is 155 Å². The molecule has 136 valence electrons. The summed E-state index contributed by atoms with van der Waals surface area (Å²) in [6, 6.07) is 10.4. The van der Waals surface area contributed by atoms with Gasteiger partial charge in [0.1, 0.15) is 5.82 Å². The molecule has 0 saturated carbocycles. The van der Waals surface area contributed by atoms with E-state index in [4.69, 9.17) is 4.98 Å². The molecule has 2 rings (SSSR count). The second kappa shape index (κ2) is 10.1. The van der Waals surface area contributed by atoms with Gasteiger partial charge in [0.05, 0.1) is 5.52 Å². The van der Waals surface area contributed by atoms with Gasteiger partial charge in [-0.25, -0.2) is 4.98 Å². The highest BCUT2D eigenvalue weighted by atomic mass is 32.2. The van der Waals surface area contributed by atoms with Gasteiger partial charge >= 0.3 is 0 Å². The van der Waals surface area contributed by atoms with Crippen LogP contribution in [-0.2, 0) is 6.54 Å². The van der Waals surface area contributed by atoms with Crippen molar-refractivity contribution in [2.75, 3.05) is 44.6 Å². The summed E-state index contributed by atoms with van der Waals surface area (Å²) in [6.45, 7) is 1.66. The first-order chi connectivity index (χ1) is 12.2. The summed E-state index contributed by atoms with van der Waals surface area (Å²) in [7, 11) is 5.85. The maximum absolute atomic E-state index is 4.71. The number of aliphatic imine (C=N–C) groups is 1. The molecular weight excluding hydrogens is 330 g/mol. The Morgan fingerprint density at radius 2 is 2.00 bits per heavy atom. The summed E-state index contributed by atoms with van der Waals surface area (Å²) in [5.74, 6) is 3.02. The lowest BCUT2D eigenvalue weighted by Crippen LogP contribution is -2.37. The normalized spacial score (nSPS) is 11.6.